The average Bonchev–Trinajstić information content (AvgIpc) is 2.49. The Morgan fingerprint density at radius 2 is 2.00 bits per heavy atom. The molecule has 1 fully saturated rings. The Morgan fingerprint density at radius 3 is 2.58 bits per heavy atom. The van der Waals surface area contributed by atoms with E-state index in [1.165, 1.54) is 0 Å². The van der Waals surface area contributed by atoms with E-state index in [2.05, 4.69) is 5.32 Å². The third-order valence-corrected chi connectivity index (χ3v) is 3.50. The van der Waals surface area contributed by atoms with Gasteiger partial charge in [0, 0.05) is 19.6 Å². The lowest BCUT2D eigenvalue weighted by Gasteiger charge is -2.34. The molecule has 19 heavy (non-hydrogen) atoms. The maximum atomic E-state index is 12.2. The zero-order valence-corrected chi connectivity index (χ0v) is 11.3. The molecule has 0 spiro atoms. The van der Waals surface area contributed by atoms with Crippen molar-refractivity contribution in [3.63, 3.8) is 0 Å². The molecule has 104 valence electrons. The minimum Gasteiger partial charge on any atom is -0.378 e. The molecule has 1 atom stereocenters. The Kier molecular flexibility index (Phi) is 4.39. The molecule has 0 aliphatic carbocycles. The van der Waals surface area contributed by atoms with Gasteiger partial charge in [-0.3, -0.25) is 0 Å². The molecule has 1 heterocycles. The highest BCUT2D eigenvalue weighted by Gasteiger charge is 2.29. The van der Waals surface area contributed by atoms with Crippen LogP contribution in [0.2, 0.25) is 0 Å². The summed E-state index contributed by atoms with van der Waals surface area (Å²) in [6.45, 7) is 4.74. The number of amides is 2. The van der Waals surface area contributed by atoms with E-state index in [9.17, 15) is 4.79 Å². The van der Waals surface area contributed by atoms with Gasteiger partial charge in [-0.1, -0.05) is 30.3 Å². The van der Waals surface area contributed by atoms with E-state index in [1.807, 2.05) is 37.3 Å². The highest BCUT2D eigenvalue weighted by molar-refractivity contribution is 5.75. The fourth-order valence-electron chi connectivity index (χ4n) is 2.13. The number of urea groups is 1. The van der Waals surface area contributed by atoms with Crippen molar-refractivity contribution >= 4 is 6.03 Å². The summed E-state index contributed by atoms with van der Waals surface area (Å²) in [6, 6.07) is 9.72. The smallest absolute Gasteiger partial charge is 0.318 e. The molecule has 1 saturated heterocycles. The van der Waals surface area contributed by atoms with Crippen molar-refractivity contribution in [3.8, 4) is 0 Å². The van der Waals surface area contributed by atoms with Crippen molar-refractivity contribution < 1.29 is 9.53 Å². The second-order valence-electron chi connectivity index (χ2n) is 4.93. The monoisotopic (exact) mass is 263 g/mol. The van der Waals surface area contributed by atoms with Gasteiger partial charge in [0.15, 0.2) is 0 Å². The molecule has 0 saturated carbocycles. The molecule has 2 rings (SSSR count). The van der Waals surface area contributed by atoms with Crippen molar-refractivity contribution in [2.24, 2.45) is 5.73 Å². The minimum atomic E-state index is -0.545. The zero-order valence-electron chi connectivity index (χ0n) is 11.3. The van der Waals surface area contributed by atoms with E-state index >= 15 is 0 Å². The summed E-state index contributed by atoms with van der Waals surface area (Å²) in [6.07, 6.45) is 0. The fourth-order valence-corrected chi connectivity index (χ4v) is 2.13. The quantitative estimate of drug-likeness (QED) is 0.851. The first-order chi connectivity index (χ1) is 9.15. The van der Waals surface area contributed by atoms with E-state index in [4.69, 9.17) is 10.5 Å². The molecule has 0 bridgehead atoms. The molecule has 3 N–H and O–H groups in total. The van der Waals surface area contributed by atoms with Gasteiger partial charge in [-0.15, -0.1) is 0 Å². The van der Waals surface area contributed by atoms with Crippen LogP contribution in [0.3, 0.4) is 0 Å². The first-order valence-electron chi connectivity index (χ1n) is 6.56. The molecule has 0 radical (unpaired) electrons. The number of hydrogen-bond acceptors (Lipinski definition) is 3. The summed E-state index contributed by atoms with van der Waals surface area (Å²) in [5.74, 6) is 0. The van der Waals surface area contributed by atoms with Crippen LogP contribution in [-0.4, -0.2) is 43.8 Å². The first-order valence-corrected chi connectivity index (χ1v) is 6.56. The fraction of sp³-hybridized carbons (Fsp3) is 0.500. The number of carbonyl (C=O) groups excluding carboxylic acids is 1. The van der Waals surface area contributed by atoms with Crippen molar-refractivity contribution in [1.82, 2.24) is 10.2 Å². The first kappa shape index (κ1) is 13.8. The Balaban J connectivity index is 2.07. The van der Waals surface area contributed by atoms with E-state index in [0.717, 1.165) is 5.56 Å². The highest BCUT2D eigenvalue weighted by atomic mass is 16.5. The number of ether oxygens (including phenoxy) is 1. The number of carbonyl (C=O) groups is 1. The average molecular weight is 263 g/mol. The number of nitrogens with one attached hydrogen (secondary N) is 1. The van der Waals surface area contributed by atoms with Crippen LogP contribution in [0.15, 0.2) is 30.3 Å². The molecule has 1 unspecified atom stereocenters. The summed E-state index contributed by atoms with van der Waals surface area (Å²) in [4.78, 5) is 14.0. The third kappa shape index (κ3) is 3.24. The van der Waals surface area contributed by atoms with Gasteiger partial charge >= 0.3 is 6.03 Å². The summed E-state index contributed by atoms with van der Waals surface area (Å²) in [7, 11) is 0. The number of nitrogens with zero attached hydrogens (tertiary/aromatic N) is 1. The second kappa shape index (κ2) is 6.04. The lowest BCUT2D eigenvalue weighted by atomic mass is 9.92. The van der Waals surface area contributed by atoms with Crippen LogP contribution >= 0.6 is 0 Å². The number of nitrogens with two attached hydrogens (primary N) is 1. The van der Waals surface area contributed by atoms with Gasteiger partial charge in [0.2, 0.25) is 0 Å². The van der Waals surface area contributed by atoms with Crippen LogP contribution in [-0.2, 0) is 10.3 Å². The van der Waals surface area contributed by atoms with Gasteiger partial charge < -0.3 is 20.7 Å². The van der Waals surface area contributed by atoms with Gasteiger partial charge in [-0.05, 0) is 12.5 Å². The molecule has 1 aliphatic heterocycles. The van der Waals surface area contributed by atoms with Gasteiger partial charge in [0.1, 0.15) is 0 Å². The number of benzene rings is 1. The molecule has 5 nitrogen and oxygen atoms in total. The summed E-state index contributed by atoms with van der Waals surface area (Å²) >= 11 is 0. The van der Waals surface area contributed by atoms with Crippen molar-refractivity contribution in [3.05, 3.63) is 35.9 Å². The van der Waals surface area contributed by atoms with E-state index in [1.54, 1.807) is 4.90 Å². The maximum Gasteiger partial charge on any atom is 0.318 e. The SMILES string of the molecule is CC(CN)(NC(=O)N1CCOCC1)c1ccccc1. The van der Waals surface area contributed by atoms with Crippen molar-refractivity contribution in [1.29, 1.82) is 0 Å². The van der Waals surface area contributed by atoms with Crippen LogP contribution in [0.1, 0.15) is 12.5 Å². The molecular formula is C14H21N3O2. The van der Waals surface area contributed by atoms with Crippen LogP contribution in [0.5, 0.6) is 0 Å². The molecule has 1 aromatic carbocycles. The van der Waals surface area contributed by atoms with Gasteiger partial charge in [0.05, 0.1) is 18.8 Å². The predicted octanol–water partition coefficient (Wildman–Crippen LogP) is 0.902. The van der Waals surface area contributed by atoms with Gasteiger partial charge in [-0.25, -0.2) is 4.79 Å². The Bertz CT molecular complexity index is 418. The predicted molar refractivity (Wildman–Crippen MR) is 73.8 cm³/mol. The van der Waals surface area contributed by atoms with Crippen molar-refractivity contribution in [2.75, 3.05) is 32.8 Å². The van der Waals surface area contributed by atoms with Crippen LogP contribution in [0.25, 0.3) is 0 Å². The molecule has 1 aliphatic rings. The maximum absolute atomic E-state index is 12.2. The van der Waals surface area contributed by atoms with Gasteiger partial charge in [0.25, 0.3) is 0 Å². The summed E-state index contributed by atoms with van der Waals surface area (Å²) < 4.78 is 5.24. The Labute approximate surface area is 113 Å². The van der Waals surface area contributed by atoms with E-state index < -0.39 is 5.54 Å². The minimum absolute atomic E-state index is 0.0832. The standard InChI is InChI=1S/C14H21N3O2/c1-14(11-15,12-5-3-2-4-6-12)16-13(18)17-7-9-19-10-8-17/h2-6H,7-11,15H2,1H3,(H,16,18). The lowest BCUT2D eigenvalue weighted by molar-refractivity contribution is 0.0512. The normalized spacial score (nSPS) is 18.7. The topological polar surface area (TPSA) is 67.6 Å². The van der Waals surface area contributed by atoms with Gasteiger partial charge in [-0.2, -0.15) is 0 Å². The number of morpholine rings is 1. The molecule has 5 heteroatoms. The summed E-state index contributed by atoms with van der Waals surface area (Å²) in [5, 5.41) is 3.04. The molecule has 0 aromatic heterocycles. The largest absolute Gasteiger partial charge is 0.378 e. The highest BCUT2D eigenvalue weighted by Crippen LogP contribution is 2.19. The third-order valence-electron chi connectivity index (χ3n) is 3.50. The van der Waals surface area contributed by atoms with E-state index in [0.29, 0.717) is 32.8 Å². The summed E-state index contributed by atoms with van der Waals surface area (Å²) in [5.41, 5.74) is 6.33. The zero-order chi connectivity index (χ0) is 13.7. The number of rotatable bonds is 3. The Hall–Kier alpha value is -1.59. The molecular weight excluding hydrogens is 242 g/mol. The lowest BCUT2D eigenvalue weighted by Crippen LogP contribution is -2.55. The molecule has 1 aromatic rings. The van der Waals surface area contributed by atoms with Crippen LogP contribution < -0.4 is 11.1 Å². The number of hydrogen-bond donors (Lipinski definition) is 2. The van der Waals surface area contributed by atoms with Crippen molar-refractivity contribution in [2.45, 2.75) is 12.5 Å². The van der Waals surface area contributed by atoms with Crippen LogP contribution in [0.4, 0.5) is 4.79 Å². The van der Waals surface area contributed by atoms with Crippen LogP contribution in [0, 0.1) is 0 Å². The van der Waals surface area contributed by atoms with E-state index in [-0.39, 0.29) is 6.03 Å². The molecule has 2 amide bonds. The Morgan fingerprint density at radius 1 is 1.37 bits per heavy atom. The second-order valence-corrected chi connectivity index (χ2v) is 4.93.